The third-order valence-electron chi connectivity index (χ3n) is 8.88. The Hall–Kier alpha value is -5.28. The van der Waals surface area contributed by atoms with Crippen LogP contribution in [0.25, 0.3) is 22.3 Å². The second-order valence-electron chi connectivity index (χ2n) is 13.4. The molecule has 0 heterocycles. The Morgan fingerprint density at radius 2 is 0.780 bits per heavy atom. The Labute approximate surface area is 305 Å². The highest BCUT2D eigenvalue weighted by atomic mass is 35.5. The molecule has 4 heteroatoms. The van der Waals surface area contributed by atoms with Crippen LogP contribution in [-0.4, -0.2) is 0 Å². The molecular weight excluding hydrogens is 651 g/mol. The Kier molecular flexibility index (Phi) is 9.50. The quantitative estimate of drug-likeness (QED) is 0.157. The van der Waals surface area contributed by atoms with Crippen molar-refractivity contribution in [3.05, 3.63) is 192 Å². The lowest BCUT2D eigenvalue weighted by molar-refractivity contribution is 0.590. The first-order valence-electron chi connectivity index (χ1n) is 16.8. The molecule has 0 unspecified atom stereocenters. The van der Waals surface area contributed by atoms with Crippen LogP contribution in [0.15, 0.2) is 176 Å². The molecule has 7 aromatic carbocycles. The molecule has 0 radical (unpaired) electrons. The van der Waals surface area contributed by atoms with E-state index >= 15 is 0 Å². The highest BCUT2D eigenvalue weighted by Gasteiger charge is 2.25. The zero-order valence-electron chi connectivity index (χ0n) is 28.4. The fraction of sp³-hybridized carbons (Fsp3) is 0.0870. The number of rotatable bonds is 8. The summed E-state index contributed by atoms with van der Waals surface area (Å²) in [4.78, 5) is 4.65. The molecule has 0 aliphatic rings. The van der Waals surface area contributed by atoms with Crippen molar-refractivity contribution in [3.8, 4) is 22.3 Å². The molecule has 0 fully saturated rings. The van der Waals surface area contributed by atoms with Crippen molar-refractivity contribution < 1.29 is 0 Å². The van der Waals surface area contributed by atoms with Crippen LogP contribution >= 0.6 is 23.2 Å². The molecule has 7 rings (SSSR count). The number of anilines is 6. The van der Waals surface area contributed by atoms with Gasteiger partial charge in [0.2, 0.25) is 0 Å². The Morgan fingerprint density at radius 3 is 1.18 bits per heavy atom. The fourth-order valence-electron chi connectivity index (χ4n) is 6.43. The maximum absolute atomic E-state index is 6.71. The van der Waals surface area contributed by atoms with Crippen LogP contribution in [0, 0.1) is 0 Å². The minimum Gasteiger partial charge on any atom is -0.310 e. The number of benzene rings is 7. The van der Waals surface area contributed by atoms with Crippen LogP contribution in [0.3, 0.4) is 0 Å². The number of halogens is 2. The maximum Gasteiger partial charge on any atom is 0.0540 e. The number of nitrogens with zero attached hydrogens (tertiary/aromatic N) is 2. The molecule has 246 valence electrons. The van der Waals surface area contributed by atoms with Gasteiger partial charge in [0, 0.05) is 43.9 Å². The minimum atomic E-state index is -0.164. The highest BCUT2D eigenvalue weighted by molar-refractivity contribution is 6.31. The second kappa shape index (κ2) is 14.3. The normalized spacial score (nSPS) is 11.3. The second-order valence-corrected chi connectivity index (χ2v) is 14.3. The zero-order chi connectivity index (χ0) is 34.7. The van der Waals surface area contributed by atoms with E-state index in [9.17, 15) is 0 Å². The van der Waals surface area contributed by atoms with Crippen LogP contribution in [0.5, 0.6) is 0 Å². The number of hydrogen-bond acceptors (Lipinski definition) is 2. The van der Waals surface area contributed by atoms with Crippen LogP contribution in [0.4, 0.5) is 34.1 Å². The Bertz CT molecular complexity index is 2090. The van der Waals surface area contributed by atoms with Crippen LogP contribution in [0.2, 0.25) is 10.0 Å². The topological polar surface area (TPSA) is 6.48 Å². The van der Waals surface area contributed by atoms with Gasteiger partial charge in [-0.3, -0.25) is 0 Å². The van der Waals surface area contributed by atoms with E-state index in [1.165, 1.54) is 5.56 Å². The average Bonchev–Trinajstić information content (AvgIpc) is 3.13. The molecule has 50 heavy (non-hydrogen) atoms. The smallest absolute Gasteiger partial charge is 0.0540 e. The standard InChI is InChI=1S/C46H38Cl2N2/c1-46(2,3)35-28-40(49(38-22-14-20-36(47)30-38)44-26-12-10-24-42(44)33-16-6-4-7-17-33)32-41(29-35)50(39-23-15-21-37(48)31-39)45-27-13-11-25-43(45)34-18-8-5-9-19-34/h4-32H,1-3H3. The summed E-state index contributed by atoms with van der Waals surface area (Å²) in [6.07, 6.45) is 0. The number of para-hydroxylation sites is 2. The fourth-order valence-corrected chi connectivity index (χ4v) is 6.80. The van der Waals surface area contributed by atoms with Gasteiger partial charge in [0.1, 0.15) is 0 Å². The lowest BCUT2D eigenvalue weighted by atomic mass is 9.86. The summed E-state index contributed by atoms with van der Waals surface area (Å²) in [5, 5.41) is 1.35. The van der Waals surface area contributed by atoms with Crippen LogP contribution < -0.4 is 9.80 Å². The Balaban J connectivity index is 1.53. The SMILES string of the molecule is CC(C)(C)c1cc(N(c2cccc(Cl)c2)c2ccccc2-c2ccccc2)cc(N(c2cccc(Cl)c2)c2ccccc2-c2ccccc2)c1. The summed E-state index contributed by atoms with van der Waals surface area (Å²) in [5.41, 5.74) is 11.6. The zero-order valence-corrected chi connectivity index (χ0v) is 29.9. The van der Waals surface area contributed by atoms with Gasteiger partial charge in [0.15, 0.2) is 0 Å². The molecule has 0 saturated heterocycles. The van der Waals surface area contributed by atoms with Crippen molar-refractivity contribution in [2.75, 3.05) is 9.80 Å². The molecule has 0 aliphatic carbocycles. The van der Waals surface area contributed by atoms with Gasteiger partial charge in [-0.2, -0.15) is 0 Å². The van der Waals surface area contributed by atoms with E-state index < -0.39 is 0 Å². The van der Waals surface area contributed by atoms with Crippen molar-refractivity contribution in [1.29, 1.82) is 0 Å². The van der Waals surface area contributed by atoms with Crippen molar-refractivity contribution in [2.24, 2.45) is 0 Å². The maximum atomic E-state index is 6.71. The highest BCUT2D eigenvalue weighted by Crippen LogP contribution is 2.47. The van der Waals surface area contributed by atoms with E-state index in [1.54, 1.807) is 0 Å². The third-order valence-corrected chi connectivity index (χ3v) is 9.35. The van der Waals surface area contributed by atoms with Crippen LogP contribution in [0.1, 0.15) is 26.3 Å². The molecule has 0 spiro atoms. The first-order chi connectivity index (χ1) is 24.3. The van der Waals surface area contributed by atoms with Crippen molar-refractivity contribution >= 4 is 57.3 Å². The molecule has 0 N–H and O–H groups in total. The van der Waals surface area contributed by atoms with E-state index in [-0.39, 0.29) is 5.41 Å². The van der Waals surface area contributed by atoms with E-state index in [1.807, 2.05) is 36.4 Å². The summed E-state index contributed by atoms with van der Waals surface area (Å²) in [7, 11) is 0. The van der Waals surface area contributed by atoms with Gasteiger partial charge in [0.05, 0.1) is 11.4 Å². The monoisotopic (exact) mass is 688 g/mol. The first-order valence-corrected chi connectivity index (χ1v) is 17.6. The summed E-state index contributed by atoms with van der Waals surface area (Å²) >= 11 is 13.4. The van der Waals surface area contributed by atoms with E-state index in [2.05, 4.69) is 170 Å². The predicted octanol–water partition coefficient (Wildman–Crippen LogP) is 14.6. The lowest BCUT2D eigenvalue weighted by Crippen LogP contribution is -2.18. The summed E-state index contributed by atoms with van der Waals surface area (Å²) in [5.74, 6) is 0. The molecular formula is C46H38Cl2N2. The van der Waals surface area contributed by atoms with Crippen LogP contribution in [-0.2, 0) is 5.41 Å². The van der Waals surface area contributed by atoms with Gasteiger partial charge in [-0.05, 0) is 88.8 Å². The van der Waals surface area contributed by atoms with Crippen molar-refractivity contribution in [1.82, 2.24) is 0 Å². The van der Waals surface area contributed by atoms with Gasteiger partial charge < -0.3 is 9.80 Å². The molecule has 7 aromatic rings. The molecule has 0 amide bonds. The molecule has 0 bridgehead atoms. The van der Waals surface area contributed by atoms with Crippen molar-refractivity contribution in [2.45, 2.75) is 26.2 Å². The van der Waals surface area contributed by atoms with E-state index in [0.717, 1.165) is 56.4 Å². The van der Waals surface area contributed by atoms with Gasteiger partial charge in [-0.1, -0.05) is 153 Å². The Morgan fingerprint density at radius 1 is 0.380 bits per heavy atom. The summed E-state index contributed by atoms with van der Waals surface area (Å²) in [6, 6.07) is 61.3. The van der Waals surface area contributed by atoms with Gasteiger partial charge in [0.25, 0.3) is 0 Å². The first kappa shape index (κ1) is 33.2. The molecule has 0 saturated carbocycles. The lowest BCUT2D eigenvalue weighted by Gasteiger charge is -2.33. The summed E-state index contributed by atoms with van der Waals surface area (Å²) in [6.45, 7) is 6.79. The minimum absolute atomic E-state index is 0.164. The van der Waals surface area contributed by atoms with Gasteiger partial charge in [-0.15, -0.1) is 0 Å². The van der Waals surface area contributed by atoms with E-state index in [4.69, 9.17) is 23.2 Å². The molecule has 2 nitrogen and oxygen atoms in total. The van der Waals surface area contributed by atoms with Gasteiger partial charge >= 0.3 is 0 Å². The predicted molar refractivity (Wildman–Crippen MR) is 215 cm³/mol. The van der Waals surface area contributed by atoms with E-state index in [0.29, 0.717) is 10.0 Å². The third kappa shape index (κ3) is 7.05. The van der Waals surface area contributed by atoms with Gasteiger partial charge in [-0.25, -0.2) is 0 Å². The molecule has 0 aromatic heterocycles. The average molecular weight is 690 g/mol. The number of hydrogen-bond donors (Lipinski definition) is 0. The molecule has 0 aliphatic heterocycles. The molecule has 0 atom stereocenters. The largest absolute Gasteiger partial charge is 0.310 e. The summed E-state index contributed by atoms with van der Waals surface area (Å²) < 4.78 is 0. The van der Waals surface area contributed by atoms with Crippen molar-refractivity contribution in [3.63, 3.8) is 0 Å².